The molecule has 0 aromatic heterocycles. The quantitative estimate of drug-likeness (QED) is 0.655. The number of carbonyl (C=O) groups is 2. The first-order chi connectivity index (χ1) is 8.48. The van der Waals surface area contributed by atoms with Crippen molar-refractivity contribution in [2.24, 2.45) is 0 Å². The van der Waals surface area contributed by atoms with Gasteiger partial charge in [0.25, 0.3) is 5.91 Å². The van der Waals surface area contributed by atoms with Gasteiger partial charge in [-0.15, -0.1) is 0 Å². The van der Waals surface area contributed by atoms with Crippen molar-refractivity contribution in [2.75, 3.05) is 20.3 Å². The molecule has 1 fully saturated rings. The maximum atomic E-state index is 11.6. The minimum Gasteiger partial charge on any atom is -0.453 e. The van der Waals surface area contributed by atoms with Crippen molar-refractivity contribution in [3.05, 3.63) is 0 Å². The molecule has 104 valence electrons. The molecule has 0 aromatic carbocycles. The summed E-state index contributed by atoms with van der Waals surface area (Å²) in [5.41, 5.74) is -1.39. The molecule has 18 heavy (non-hydrogen) atoms. The van der Waals surface area contributed by atoms with E-state index < -0.39 is 17.5 Å². The van der Waals surface area contributed by atoms with Gasteiger partial charge in [0.1, 0.15) is 0 Å². The highest BCUT2D eigenvalue weighted by atomic mass is 16.6. The summed E-state index contributed by atoms with van der Waals surface area (Å²) in [4.78, 5) is 23.0. The normalized spacial score (nSPS) is 19.3. The monoisotopic (exact) mass is 259 g/mol. The highest BCUT2D eigenvalue weighted by Crippen LogP contribution is 2.30. The Balaban J connectivity index is 2.27. The van der Waals surface area contributed by atoms with Crippen molar-refractivity contribution in [2.45, 2.75) is 44.2 Å². The van der Waals surface area contributed by atoms with Crippen LogP contribution in [0.3, 0.4) is 0 Å². The van der Waals surface area contributed by atoms with E-state index in [0.717, 1.165) is 12.8 Å². The molecule has 6 heteroatoms. The van der Waals surface area contributed by atoms with Crippen molar-refractivity contribution >= 4 is 11.9 Å². The van der Waals surface area contributed by atoms with E-state index in [1.165, 1.54) is 7.11 Å². The van der Waals surface area contributed by atoms with E-state index in [-0.39, 0.29) is 12.6 Å². The largest absolute Gasteiger partial charge is 0.453 e. The number of nitrogens with one attached hydrogen (secondary N) is 1. The molecule has 6 nitrogen and oxygen atoms in total. The molecule has 1 unspecified atom stereocenters. The summed E-state index contributed by atoms with van der Waals surface area (Å²) < 4.78 is 9.69. The first-order valence-electron chi connectivity index (χ1n) is 6.16. The summed E-state index contributed by atoms with van der Waals surface area (Å²) in [7, 11) is 1.54. The Morgan fingerprint density at radius 1 is 1.39 bits per heavy atom. The number of ether oxygens (including phenoxy) is 2. The van der Waals surface area contributed by atoms with E-state index >= 15 is 0 Å². The molecule has 0 heterocycles. The fourth-order valence-corrected chi connectivity index (χ4v) is 2.04. The molecule has 0 aliphatic heterocycles. The zero-order chi connectivity index (χ0) is 13.6. The number of carbonyl (C=O) groups excluding carboxylic acids is 2. The Labute approximate surface area is 107 Å². The summed E-state index contributed by atoms with van der Waals surface area (Å²) in [6.07, 6.45) is 2.44. The van der Waals surface area contributed by atoms with Crippen LogP contribution in [0.5, 0.6) is 0 Å². The Morgan fingerprint density at radius 2 is 2.00 bits per heavy atom. The SMILES string of the molecule is COCC(C)NC(=O)COC(=O)C1(O)CCCC1. The lowest BCUT2D eigenvalue weighted by Gasteiger charge is -2.20. The van der Waals surface area contributed by atoms with Gasteiger partial charge < -0.3 is 19.9 Å². The molecular formula is C12H21NO5. The number of methoxy groups -OCH3 is 1. The van der Waals surface area contributed by atoms with Gasteiger partial charge in [-0.3, -0.25) is 4.79 Å². The molecule has 1 aliphatic carbocycles. The van der Waals surface area contributed by atoms with Gasteiger partial charge in [-0.2, -0.15) is 0 Å². The van der Waals surface area contributed by atoms with Crippen molar-refractivity contribution in [1.29, 1.82) is 0 Å². The van der Waals surface area contributed by atoms with Crippen molar-refractivity contribution in [3.63, 3.8) is 0 Å². The maximum Gasteiger partial charge on any atom is 0.338 e. The second kappa shape index (κ2) is 6.70. The molecule has 1 amide bonds. The van der Waals surface area contributed by atoms with E-state index in [1.54, 1.807) is 6.92 Å². The number of rotatable bonds is 6. The Kier molecular flexibility index (Phi) is 5.55. The lowest BCUT2D eigenvalue weighted by atomic mass is 10.0. The Bertz CT molecular complexity index is 299. The molecule has 0 radical (unpaired) electrons. The first kappa shape index (κ1) is 14.9. The van der Waals surface area contributed by atoms with Crippen LogP contribution in [0.15, 0.2) is 0 Å². The van der Waals surface area contributed by atoms with Gasteiger partial charge in [-0.25, -0.2) is 4.79 Å². The van der Waals surface area contributed by atoms with Crippen LogP contribution >= 0.6 is 0 Å². The highest BCUT2D eigenvalue weighted by Gasteiger charge is 2.40. The molecule has 0 bridgehead atoms. The third-order valence-electron chi connectivity index (χ3n) is 2.97. The first-order valence-corrected chi connectivity index (χ1v) is 6.16. The molecule has 0 aromatic rings. The predicted molar refractivity (Wildman–Crippen MR) is 63.9 cm³/mol. The van der Waals surface area contributed by atoms with Crippen LogP contribution in [0, 0.1) is 0 Å². The van der Waals surface area contributed by atoms with Crippen LogP contribution in [0.25, 0.3) is 0 Å². The third-order valence-corrected chi connectivity index (χ3v) is 2.97. The topological polar surface area (TPSA) is 84.9 Å². The van der Waals surface area contributed by atoms with E-state index in [1.807, 2.05) is 0 Å². The maximum absolute atomic E-state index is 11.6. The van der Waals surface area contributed by atoms with Crippen molar-refractivity contribution in [3.8, 4) is 0 Å². The van der Waals surface area contributed by atoms with Crippen LogP contribution < -0.4 is 5.32 Å². The molecular weight excluding hydrogens is 238 g/mol. The van der Waals surface area contributed by atoms with Crippen LogP contribution in [-0.2, 0) is 19.1 Å². The van der Waals surface area contributed by atoms with Gasteiger partial charge in [0, 0.05) is 13.2 Å². The lowest BCUT2D eigenvalue weighted by molar-refractivity contribution is -0.167. The average molecular weight is 259 g/mol. The molecule has 1 saturated carbocycles. The number of aliphatic hydroxyl groups is 1. The smallest absolute Gasteiger partial charge is 0.338 e. The molecule has 1 atom stereocenters. The van der Waals surface area contributed by atoms with Crippen LogP contribution in [0.4, 0.5) is 0 Å². The molecule has 1 aliphatic rings. The van der Waals surface area contributed by atoms with Gasteiger partial charge in [-0.1, -0.05) is 0 Å². The highest BCUT2D eigenvalue weighted by molar-refractivity contribution is 5.84. The van der Waals surface area contributed by atoms with Crippen LogP contribution in [0.2, 0.25) is 0 Å². The summed E-state index contributed by atoms with van der Waals surface area (Å²) in [6, 6.07) is -0.143. The molecule has 2 N–H and O–H groups in total. The average Bonchev–Trinajstić information content (AvgIpc) is 2.74. The molecule has 1 rings (SSSR count). The number of hydrogen-bond acceptors (Lipinski definition) is 5. The summed E-state index contributed by atoms with van der Waals surface area (Å²) >= 11 is 0. The Hall–Kier alpha value is -1.14. The number of esters is 1. The van der Waals surface area contributed by atoms with Crippen molar-refractivity contribution in [1.82, 2.24) is 5.32 Å². The van der Waals surface area contributed by atoms with Crippen molar-refractivity contribution < 1.29 is 24.2 Å². The van der Waals surface area contributed by atoms with Crippen LogP contribution in [0.1, 0.15) is 32.6 Å². The van der Waals surface area contributed by atoms with Crippen LogP contribution in [-0.4, -0.2) is 48.9 Å². The standard InChI is InChI=1S/C12H21NO5/c1-9(7-17-2)13-10(14)8-18-11(15)12(16)5-3-4-6-12/h9,16H,3-8H2,1-2H3,(H,13,14). The van der Waals surface area contributed by atoms with Gasteiger partial charge in [0.2, 0.25) is 0 Å². The van der Waals surface area contributed by atoms with Gasteiger partial charge >= 0.3 is 5.97 Å². The summed E-state index contributed by atoms with van der Waals surface area (Å²) in [5, 5.41) is 12.5. The minimum atomic E-state index is -1.39. The lowest BCUT2D eigenvalue weighted by Crippen LogP contribution is -2.42. The number of amides is 1. The van der Waals surface area contributed by atoms with E-state index in [9.17, 15) is 14.7 Å². The van der Waals surface area contributed by atoms with Gasteiger partial charge in [0.05, 0.1) is 6.61 Å². The molecule has 0 spiro atoms. The third kappa shape index (κ3) is 4.27. The Morgan fingerprint density at radius 3 is 2.56 bits per heavy atom. The summed E-state index contributed by atoms with van der Waals surface area (Å²) in [6.45, 7) is 1.81. The second-order valence-electron chi connectivity index (χ2n) is 4.74. The van der Waals surface area contributed by atoms with Gasteiger partial charge in [-0.05, 0) is 32.6 Å². The zero-order valence-electron chi connectivity index (χ0n) is 10.9. The summed E-state index contributed by atoms with van der Waals surface area (Å²) in [5.74, 6) is -1.09. The fourth-order valence-electron chi connectivity index (χ4n) is 2.04. The van der Waals surface area contributed by atoms with Gasteiger partial charge in [0.15, 0.2) is 12.2 Å². The van der Waals surface area contributed by atoms with E-state index in [2.05, 4.69) is 5.32 Å². The fraction of sp³-hybridized carbons (Fsp3) is 0.833. The zero-order valence-corrected chi connectivity index (χ0v) is 10.9. The number of hydrogen-bond donors (Lipinski definition) is 2. The molecule has 0 saturated heterocycles. The second-order valence-corrected chi connectivity index (χ2v) is 4.74. The van der Waals surface area contributed by atoms with E-state index in [4.69, 9.17) is 9.47 Å². The minimum absolute atomic E-state index is 0.143. The van der Waals surface area contributed by atoms with E-state index in [0.29, 0.717) is 19.4 Å². The predicted octanol–water partition coefficient (Wildman–Crippen LogP) is -0.0142.